The van der Waals surface area contributed by atoms with Gasteiger partial charge in [-0.1, -0.05) is 40.9 Å². The molecule has 4 nitrogen and oxygen atoms in total. The van der Waals surface area contributed by atoms with E-state index in [9.17, 15) is 4.79 Å². The highest BCUT2D eigenvalue weighted by Crippen LogP contribution is 2.26. The summed E-state index contributed by atoms with van der Waals surface area (Å²) in [4.78, 5) is 19.5. The largest absolute Gasteiger partial charge is 0.318 e. The van der Waals surface area contributed by atoms with E-state index >= 15 is 0 Å². The van der Waals surface area contributed by atoms with Gasteiger partial charge in [-0.25, -0.2) is 9.97 Å². The van der Waals surface area contributed by atoms with E-state index in [1.807, 2.05) is 0 Å². The van der Waals surface area contributed by atoms with E-state index in [1.165, 1.54) is 6.20 Å². The lowest BCUT2D eigenvalue weighted by Gasteiger charge is -2.08. The minimum absolute atomic E-state index is 0.0150. The Bertz CT molecular complexity index is 628. The molecule has 2 rings (SSSR count). The molecule has 0 unspecified atom stereocenters. The molecule has 1 aromatic carbocycles. The minimum atomic E-state index is -0.511. The van der Waals surface area contributed by atoms with Crippen LogP contribution in [0.15, 0.2) is 24.4 Å². The van der Waals surface area contributed by atoms with Gasteiger partial charge in [0.05, 0.1) is 27.5 Å². The van der Waals surface area contributed by atoms with Crippen molar-refractivity contribution in [1.29, 1.82) is 0 Å². The zero-order valence-corrected chi connectivity index (χ0v) is 12.1. The van der Waals surface area contributed by atoms with E-state index in [4.69, 9.17) is 46.4 Å². The normalized spacial score (nSPS) is 10.3. The topological polar surface area (TPSA) is 54.9 Å². The van der Waals surface area contributed by atoms with Crippen molar-refractivity contribution < 1.29 is 4.79 Å². The molecule has 0 atom stereocenters. The molecular weight excluding hydrogens is 332 g/mol. The summed E-state index contributed by atoms with van der Waals surface area (Å²) in [5, 5.41) is 2.99. The van der Waals surface area contributed by atoms with Gasteiger partial charge in [-0.3, -0.25) is 4.79 Å². The van der Waals surface area contributed by atoms with Crippen molar-refractivity contribution in [2.24, 2.45) is 0 Å². The smallest absolute Gasteiger partial charge is 0.258 e. The summed E-state index contributed by atoms with van der Waals surface area (Å²) in [7, 11) is 0. The van der Waals surface area contributed by atoms with Crippen LogP contribution in [0.5, 0.6) is 0 Å². The average Bonchev–Trinajstić information content (AvgIpc) is 2.32. The molecule has 0 spiro atoms. The van der Waals surface area contributed by atoms with Gasteiger partial charge in [-0.15, -0.1) is 0 Å². The molecular formula is C11H5Cl4N3O. The van der Waals surface area contributed by atoms with E-state index in [2.05, 4.69) is 15.3 Å². The number of carbonyl (C=O) groups is 1. The van der Waals surface area contributed by atoms with Gasteiger partial charge < -0.3 is 5.32 Å². The summed E-state index contributed by atoms with van der Waals surface area (Å²) in [6, 6.07) is 4.75. The number of hydrogen-bond acceptors (Lipinski definition) is 3. The van der Waals surface area contributed by atoms with Crippen LogP contribution in [-0.4, -0.2) is 15.9 Å². The number of hydrogen-bond donors (Lipinski definition) is 1. The van der Waals surface area contributed by atoms with Gasteiger partial charge in [0.25, 0.3) is 5.91 Å². The zero-order chi connectivity index (χ0) is 14.0. The highest BCUT2D eigenvalue weighted by Gasteiger charge is 2.16. The molecule has 8 heteroatoms. The quantitative estimate of drug-likeness (QED) is 0.655. The Morgan fingerprint density at radius 1 is 1.11 bits per heavy atom. The van der Waals surface area contributed by atoms with Crippen molar-refractivity contribution in [1.82, 2.24) is 9.97 Å². The molecule has 0 saturated heterocycles. The van der Waals surface area contributed by atoms with E-state index < -0.39 is 5.91 Å². The molecule has 0 aliphatic rings. The maximum atomic E-state index is 12.1. The summed E-state index contributed by atoms with van der Waals surface area (Å²) < 4.78 is 0. The fourth-order valence-electron chi connectivity index (χ4n) is 1.32. The highest BCUT2D eigenvalue weighted by atomic mass is 35.5. The first-order valence-electron chi connectivity index (χ1n) is 4.92. The van der Waals surface area contributed by atoms with Gasteiger partial charge in [-0.05, 0) is 23.7 Å². The number of rotatable bonds is 2. The van der Waals surface area contributed by atoms with Gasteiger partial charge in [0.1, 0.15) is 0 Å². The molecule has 0 aliphatic carbocycles. The number of nitrogens with one attached hydrogen (secondary N) is 1. The van der Waals surface area contributed by atoms with Crippen LogP contribution in [0, 0.1) is 0 Å². The van der Waals surface area contributed by atoms with E-state index in [0.717, 1.165) is 0 Å². The molecule has 1 aromatic heterocycles. The molecule has 0 saturated carbocycles. The predicted molar refractivity (Wildman–Crippen MR) is 76.5 cm³/mol. The van der Waals surface area contributed by atoms with E-state index in [-0.39, 0.29) is 31.7 Å². The Kier molecular flexibility index (Phi) is 4.47. The van der Waals surface area contributed by atoms with Gasteiger partial charge >= 0.3 is 0 Å². The Morgan fingerprint density at radius 2 is 1.74 bits per heavy atom. The third kappa shape index (κ3) is 3.28. The van der Waals surface area contributed by atoms with Crippen molar-refractivity contribution in [2.75, 3.05) is 5.32 Å². The lowest BCUT2D eigenvalue weighted by Crippen LogP contribution is -2.14. The Hall–Kier alpha value is -1.07. The van der Waals surface area contributed by atoms with Gasteiger partial charge in [0.2, 0.25) is 5.28 Å². The molecule has 1 heterocycles. The van der Waals surface area contributed by atoms with Gasteiger partial charge in [-0.2, -0.15) is 0 Å². The zero-order valence-electron chi connectivity index (χ0n) is 9.12. The number of aromatic nitrogens is 2. The second kappa shape index (κ2) is 5.92. The number of carbonyl (C=O) groups excluding carboxylic acids is 1. The third-order valence-electron chi connectivity index (χ3n) is 2.15. The lowest BCUT2D eigenvalue weighted by molar-refractivity contribution is 0.102. The Balaban J connectivity index is 2.31. The maximum absolute atomic E-state index is 12.1. The Morgan fingerprint density at radius 3 is 2.32 bits per heavy atom. The van der Waals surface area contributed by atoms with Gasteiger partial charge in [0, 0.05) is 0 Å². The monoisotopic (exact) mass is 335 g/mol. The minimum Gasteiger partial charge on any atom is -0.318 e. The summed E-state index contributed by atoms with van der Waals surface area (Å²) in [5.41, 5.74) is 0.365. The second-order valence-electron chi connectivity index (χ2n) is 3.39. The first kappa shape index (κ1) is 14.3. The summed E-state index contributed by atoms with van der Waals surface area (Å²) in [6.45, 7) is 0. The van der Waals surface area contributed by atoms with Crippen molar-refractivity contribution in [3.8, 4) is 0 Å². The summed E-state index contributed by atoms with van der Waals surface area (Å²) in [5.74, 6) is -0.511. The summed E-state index contributed by atoms with van der Waals surface area (Å²) in [6.07, 6.45) is 1.29. The number of anilines is 1. The molecule has 19 heavy (non-hydrogen) atoms. The maximum Gasteiger partial charge on any atom is 0.258 e. The Labute approximate surface area is 128 Å². The standard InChI is InChI=1S/C11H5Cl4N3O/c12-5-2-1-3-6(13)8(5)10(19)17-7-4-16-11(15)18-9(7)14/h1-4H,(H,17,19). The third-order valence-corrected chi connectivity index (χ3v) is 3.25. The van der Waals surface area contributed by atoms with E-state index in [1.54, 1.807) is 18.2 Å². The molecule has 1 amide bonds. The fourth-order valence-corrected chi connectivity index (χ4v) is 2.25. The van der Waals surface area contributed by atoms with Crippen LogP contribution in [0.4, 0.5) is 5.69 Å². The number of nitrogens with zero attached hydrogens (tertiary/aromatic N) is 2. The van der Waals surface area contributed by atoms with E-state index in [0.29, 0.717) is 0 Å². The van der Waals surface area contributed by atoms with Crippen LogP contribution in [0.25, 0.3) is 0 Å². The molecule has 0 aliphatic heterocycles. The molecule has 0 fully saturated rings. The molecule has 98 valence electrons. The number of amides is 1. The van der Waals surface area contributed by atoms with Crippen LogP contribution in [0.1, 0.15) is 10.4 Å². The summed E-state index contributed by atoms with van der Waals surface area (Å²) >= 11 is 23.2. The first-order valence-corrected chi connectivity index (χ1v) is 6.43. The number of halogens is 4. The predicted octanol–water partition coefficient (Wildman–Crippen LogP) is 4.34. The van der Waals surface area contributed by atoms with Crippen molar-refractivity contribution in [2.45, 2.75) is 0 Å². The molecule has 0 radical (unpaired) electrons. The van der Waals surface area contributed by atoms with Crippen molar-refractivity contribution >= 4 is 58.0 Å². The first-order chi connectivity index (χ1) is 8.99. The average molecular weight is 337 g/mol. The van der Waals surface area contributed by atoms with Crippen LogP contribution in [0.2, 0.25) is 20.5 Å². The number of benzene rings is 1. The molecule has 0 bridgehead atoms. The molecule has 1 N–H and O–H groups in total. The van der Waals surface area contributed by atoms with Crippen LogP contribution in [0.3, 0.4) is 0 Å². The van der Waals surface area contributed by atoms with Crippen LogP contribution in [-0.2, 0) is 0 Å². The fraction of sp³-hybridized carbons (Fsp3) is 0. The van der Waals surface area contributed by atoms with Crippen LogP contribution >= 0.6 is 46.4 Å². The van der Waals surface area contributed by atoms with Crippen molar-refractivity contribution in [3.63, 3.8) is 0 Å². The van der Waals surface area contributed by atoms with Crippen LogP contribution < -0.4 is 5.32 Å². The van der Waals surface area contributed by atoms with Gasteiger partial charge in [0.15, 0.2) is 5.15 Å². The second-order valence-corrected chi connectivity index (χ2v) is 4.90. The lowest BCUT2D eigenvalue weighted by atomic mass is 10.2. The van der Waals surface area contributed by atoms with Crippen molar-refractivity contribution in [3.05, 3.63) is 50.4 Å². The molecule has 2 aromatic rings. The SMILES string of the molecule is O=C(Nc1cnc(Cl)nc1Cl)c1c(Cl)cccc1Cl. The highest BCUT2D eigenvalue weighted by molar-refractivity contribution is 6.40.